The summed E-state index contributed by atoms with van der Waals surface area (Å²) in [6.45, 7) is 2.17. The molecule has 4 nitrogen and oxygen atoms in total. The molecule has 80 valence electrons. The minimum Gasteiger partial charge on any atom is -0.484 e. The molecule has 1 aliphatic heterocycles. The van der Waals surface area contributed by atoms with Gasteiger partial charge in [0.1, 0.15) is 11.9 Å². The van der Waals surface area contributed by atoms with Crippen molar-refractivity contribution < 1.29 is 14.9 Å². The van der Waals surface area contributed by atoms with Crippen LogP contribution in [0.1, 0.15) is 0 Å². The lowest BCUT2D eigenvalue weighted by Crippen LogP contribution is -2.48. The fourth-order valence-electron chi connectivity index (χ4n) is 1.78. The first-order valence-electron chi connectivity index (χ1n) is 5.03. The van der Waals surface area contributed by atoms with E-state index in [0.717, 1.165) is 5.69 Å². The summed E-state index contributed by atoms with van der Waals surface area (Å²) in [6, 6.07) is 7.51. The van der Waals surface area contributed by atoms with Crippen LogP contribution in [0.5, 0.6) is 5.75 Å². The summed E-state index contributed by atoms with van der Waals surface area (Å²) < 4.78 is 5.56. The van der Waals surface area contributed by atoms with E-state index in [-0.39, 0.29) is 12.7 Å². The molecule has 1 aromatic carbocycles. The van der Waals surface area contributed by atoms with E-state index in [0.29, 0.717) is 12.3 Å². The average Bonchev–Trinajstić information content (AvgIpc) is 2.27. The highest BCUT2D eigenvalue weighted by atomic mass is 16.5. The Balaban J connectivity index is 2.34. The van der Waals surface area contributed by atoms with E-state index in [9.17, 15) is 5.02 Å². The smallest absolute Gasteiger partial charge is 0.409 e. The zero-order valence-corrected chi connectivity index (χ0v) is 8.63. The van der Waals surface area contributed by atoms with Crippen molar-refractivity contribution in [3.05, 3.63) is 24.3 Å². The molecular formula is C10H14BNO3. The fraction of sp³-hybridized carbons (Fsp3) is 0.400. The molecule has 0 spiro atoms. The molecule has 0 aromatic heterocycles. The molecule has 1 aliphatic rings. The number of para-hydroxylation sites is 2. The number of ether oxygens (including phenoxy) is 1. The fourth-order valence-corrected chi connectivity index (χ4v) is 1.78. The second-order valence-electron chi connectivity index (χ2n) is 3.67. The van der Waals surface area contributed by atoms with Gasteiger partial charge in [0.05, 0.1) is 12.3 Å². The maximum absolute atomic E-state index is 9.63. The van der Waals surface area contributed by atoms with E-state index in [1.165, 1.54) is 0 Å². The van der Waals surface area contributed by atoms with E-state index >= 15 is 0 Å². The van der Waals surface area contributed by atoms with Crippen molar-refractivity contribution in [2.24, 2.45) is 0 Å². The molecule has 0 aliphatic carbocycles. The molecule has 0 saturated heterocycles. The number of aliphatic hydroxyl groups excluding tert-OH is 1. The van der Waals surface area contributed by atoms with Crippen LogP contribution in [-0.2, 0) is 0 Å². The second-order valence-corrected chi connectivity index (χ2v) is 3.67. The standard InChI is InChI=1S/C10H14BNO3/c1-11(14)12-6-8(7-13)15-10-5-3-2-4-9(10)12/h2-5,8,13-14H,6-7H2,1H3. The molecule has 2 rings (SSSR count). The third-order valence-corrected chi connectivity index (χ3v) is 2.52. The maximum atomic E-state index is 9.63. The Hall–Kier alpha value is -1.20. The van der Waals surface area contributed by atoms with Crippen LogP contribution in [0.2, 0.25) is 6.82 Å². The molecule has 15 heavy (non-hydrogen) atoms. The van der Waals surface area contributed by atoms with Gasteiger partial charge in [-0.15, -0.1) is 0 Å². The van der Waals surface area contributed by atoms with Crippen LogP contribution >= 0.6 is 0 Å². The van der Waals surface area contributed by atoms with E-state index in [2.05, 4.69) is 0 Å². The maximum Gasteiger partial charge on any atom is 0.409 e. The van der Waals surface area contributed by atoms with Crippen LogP contribution in [0.15, 0.2) is 24.3 Å². The van der Waals surface area contributed by atoms with Gasteiger partial charge in [-0.05, 0) is 19.0 Å². The first kappa shape index (κ1) is 10.3. The van der Waals surface area contributed by atoms with E-state index < -0.39 is 7.05 Å². The summed E-state index contributed by atoms with van der Waals surface area (Å²) in [5.74, 6) is 0.712. The van der Waals surface area contributed by atoms with Gasteiger partial charge in [-0.3, -0.25) is 0 Å². The number of rotatable bonds is 2. The molecule has 0 bridgehead atoms. The first-order valence-corrected chi connectivity index (χ1v) is 5.03. The van der Waals surface area contributed by atoms with Gasteiger partial charge in [-0.2, -0.15) is 0 Å². The van der Waals surface area contributed by atoms with Crippen LogP contribution in [0, 0.1) is 0 Å². The highest BCUT2D eigenvalue weighted by molar-refractivity contribution is 6.54. The highest BCUT2D eigenvalue weighted by Crippen LogP contribution is 2.33. The number of benzene rings is 1. The van der Waals surface area contributed by atoms with Gasteiger partial charge in [0, 0.05) is 6.54 Å². The lowest BCUT2D eigenvalue weighted by Gasteiger charge is -2.36. The monoisotopic (exact) mass is 207 g/mol. The molecule has 0 fully saturated rings. The molecule has 0 radical (unpaired) electrons. The highest BCUT2D eigenvalue weighted by Gasteiger charge is 2.29. The van der Waals surface area contributed by atoms with E-state index in [1.54, 1.807) is 6.82 Å². The van der Waals surface area contributed by atoms with Gasteiger partial charge in [0.25, 0.3) is 0 Å². The lowest BCUT2D eigenvalue weighted by atomic mass is 9.83. The van der Waals surface area contributed by atoms with Crippen molar-refractivity contribution >= 4 is 12.7 Å². The molecule has 1 heterocycles. The molecule has 2 N–H and O–H groups in total. The normalized spacial score (nSPS) is 19.4. The number of anilines is 1. The summed E-state index contributed by atoms with van der Waals surface area (Å²) >= 11 is 0. The van der Waals surface area contributed by atoms with Crippen LogP contribution in [0.3, 0.4) is 0 Å². The predicted octanol–water partition coefficient (Wildman–Crippen LogP) is 0.357. The van der Waals surface area contributed by atoms with Gasteiger partial charge < -0.3 is 19.7 Å². The Kier molecular flexibility index (Phi) is 2.84. The average molecular weight is 207 g/mol. The van der Waals surface area contributed by atoms with E-state index in [1.807, 2.05) is 29.1 Å². The second kappa shape index (κ2) is 4.12. The lowest BCUT2D eigenvalue weighted by molar-refractivity contribution is 0.115. The molecule has 0 amide bonds. The van der Waals surface area contributed by atoms with Gasteiger partial charge in [-0.1, -0.05) is 12.1 Å². The number of aliphatic hydroxyl groups is 1. The third kappa shape index (κ3) is 1.93. The summed E-state index contributed by atoms with van der Waals surface area (Å²) in [4.78, 5) is 1.82. The Morgan fingerprint density at radius 2 is 2.27 bits per heavy atom. The van der Waals surface area contributed by atoms with Gasteiger partial charge in [-0.25, -0.2) is 0 Å². The van der Waals surface area contributed by atoms with Crippen LogP contribution in [0.25, 0.3) is 0 Å². The van der Waals surface area contributed by atoms with Gasteiger partial charge >= 0.3 is 7.05 Å². The summed E-state index contributed by atoms with van der Waals surface area (Å²) in [6.07, 6.45) is -0.269. The Morgan fingerprint density at radius 3 is 2.93 bits per heavy atom. The molecule has 1 aromatic rings. The number of hydrogen-bond acceptors (Lipinski definition) is 4. The SMILES string of the molecule is CB(O)N1CC(CO)Oc2ccccc21. The summed E-state index contributed by atoms with van der Waals surface area (Å²) in [7, 11) is -0.580. The van der Waals surface area contributed by atoms with Crippen molar-refractivity contribution in [3.63, 3.8) is 0 Å². The zero-order valence-electron chi connectivity index (χ0n) is 8.63. The number of nitrogens with zero attached hydrogens (tertiary/aromatic N) is 1. The predicted molar refractivity (Wildman–Crippen MR) is 59.1 cm³/mol. The molecule has 5 heteroatoms. The van der Waals surface area contributed by atoms with Crippen LogP contribution < -0.4 is 9.55 Å². The van der Waals surface area contributed by atoms with Crippen molar-refractivity contribution in [2.45, 2.75) is 12.9 Å². The number of hydrogen-bond donors (Lipinski definition) is 2. The third-order valence-electron chi connectivity index (χ3n) is 2.52. The number of fused-ring (bicyclic) bond motifs is 1. The Bertz CT molecular complexity index is 345. The largest absolute Gasteiger partial charge is 0.484 e. The minimum absolute atomic E-state index is 0.0441. The molecule has 1 unspecified atom stereocenters. The molecular weight excluding hydrogens is 193 g/mol. The Morgan fingerprint density at radius 1 is 1.53 bits per heavy atom. The quantitative estimate of drug-likeness (QED) is 0.687. The van der Waals surface area contributed by atoms with Gasteiger partial charge in [0.2, 0.25) is 0 Å². The summed E-state index contributed by atoms with van der Waals surface area (Å²) in [5, 5.41) is 18.7. The van der Waals surface area contributed by atoms with Crippen molar-refractivity contribution in [3.8, 4) is 5.75 Å². The zero-order chi connectivity index (χ0) is 10.8. The van der Waals surface area contributed by atoms with E-state index in [4.69, 9.17) is 9.84 Å². The molecule has 0 saturated carbocycles. The topological polar surface area (TPSA) is 52.9 Å². The van der Waals surface area contributed by atoms with Gasteiger partial charge in [0.15, 0.2) is 0 Å². The molecule has 1 atom stereocenters. The van der Waals surface area contributed by atoms with Crippen LogP contribution in [-0.4, -0.2) is 36.4 Å². The van der Waals surface area contributed by atoms with Crippen LogP contribution in [0.4, 0.5) is 5.69 Å². The van der Waals surface area contributed by atoms with Crippen molar-refractivity contribution in [1.29, 1.82) is 0 Å². The minimum atomic E-state index is -0.580. The first-order chi connectivity index (χ1) is 7.22. The Labute approximate surface area is 89.2 Å². The van der Waals surface area contributed by atoms with Crippen molar-refractivity contribution in [1.82, 2.24) is 0 Å². The summed E-state index contributed by atoms with van der Waals surface area (Å²) in [5.41, 5.74) is 0.872. The van der Waals surface area contributed by atoms with Crippen molar-refractivity contribution in [2.75, 3.05) is 18.0 Å².